The molecule has 0 saturated heterocycles. The summed E-state index contributed by atoms with van der Waals surface area (Å²) in [6.45, 7) is 5.25. The molecule has 2 aromatic carbocycles. The zero-order valence-electron chi connectivity index (χ0n) is 15.5. The Morgan fingerprint density at radius 1 is 1.04 bits per heavy atom. The number of benzene rings is 2. The number of carbonyl (C=O) groups is 2. The minimum absolute atomic E-state index is 0.110. The second kappa shape index (κ2) is 7.15. The van der Waals surface area contributed by atoms with Crippen LogP contribution in [0.25, 0.3) is 10.9 Å². The highest BCUT2D eigenvalue weighted by Gasteiger charge is 2.23. The standard InChI is InChI=1S/C20H18N2O6/c1-20(2,3)28-19(24)21-12-16(15-6-4-5-7-17(15)21)18(23)27-14-10-8-13(9-11-14)22(25)26/h4-12H,1-3H3. The molecule has 0 aliphatic heterocycles. The third kappa shape index (κ3) is 4.01. The van der Waals surface area contributed by atoms with Crippen molar-refractivity contribution in [3.05, 3.63) is 70.4 Å². The van der Waals surface area contributed by atoms with Crippen molar-refractivity contribution in [2.45, 2.75) is 26.4 Å². The minimum atomic E-state index is -0.693. The van der Waals surface area contributed by atoms with E-state index in [1.807, 2.05) is 0 Å². The number of hydrogen-bond donors (Lipinski definition) is 0. The Hall–Kier alpha value is -3.68. The Bertz CT molecular complexity index is 1060. The molecule has 0 aliphatic carbocycles. The van der Waals surface area contributed by atoms with Crippen LogP contribution in [0.1, 0.15) is 31.1 Å². The number of para-hydroxylation sites is 1. The largest absolute Gasteiger partial charge is 0.443 e. The number of esters is 1. The number of nitro benzene ring substituents is 1. The van der Waals surface area contributed by atoms with E-state index >= 15 is 0 Å². The lowest BCUT2D eigenvalue weighted by Crippen LogP contribution is -2.26. The Morgan fingerprint density at radius 2 is 1.68 bits per heavy atom. The Balaban J connectivity index is 1.93. The smallest absolute Gasteiger partial charge is 0.419 e. The van der Waals surface area contributed by atoms with Gasteiger partial charge in [0.1, 0.15) is 11.4 Å². The molecule has 3 rings (SSSR count). The van der Waals surface area contributed by atoms with Crippen molar-refractivity contribution in [2.75, 3.05) is 0 Å². The molecule has 0 bridgehead atoms. The van der Waals surface area contributed by atoms with Crippen LogP contribution in [0.4, 0.5) is 10.5 Å². The maximum Gasteiger partial charge on any atom is 0.419 e. The van der Waals surface area contributed by atoms with Gasteiger partial charge in [0.2, 0.25) is 0 Å². The van der Waals surface area contributed by atoms with Gasteiger partial charge in [-0.1, -0.05) is 18.2 Å². The van der Waals surface area contributed by atoms with Gasteiger partial charge in [-0.3, -0.25) is 14.7 Å². The summed E-state index contributed by atoms with van der Waals surface area (Å²) < 4.78 is 12.0. The van der Waals surface area contributed by atoms with Crippen LogP contribution < -0.4 is 4.74 Å². The molecule has 0 atom stereocenters. The summed E-state index contributed by atoms with van der Waals surface area (Å²) in [6.07, 6.45) is 0.755. The van der Waals surface area contributed by atoms with Crippen molar-refractivity contribution >= 4 is 28.7 Å². The number of fused-ring (bicyclic) bond motifs is 1. The van der Waals surface area contributed by atoms with Crippen molar-refractivity contribution < 1.29 is 24.0 Å². The first-order valence-corrected chi connectivity index (χ1v) is 8.46. The second-order valence-electron chi connectivity index (χ2n) is 7.05. The van der Waals surface area contributed by atoms with Crippen LogP contribution >= 0.6 is 0 Å². The number of non-ortho nitro benzene ring substituents is 1. The fourth-order valence-corrected chi connectivity index (χ4v) is 2.60. The molecule has 8 nitrogen and oxygen atoms in total. The number of hydrogen-bond acceptors (Lipinski definition) is 6. The lowest BCUT2D eigenvalue weighted by atomic mass is 10.2. The maximum atomic E-state index is 12.6. The topological polar surface area (TPSA) is 101 Å². The van der Waals surface area contributed by atoms with Crippen LogP contribution in [0, 0.1) is 10.1 Å². The molecule has 0 saturated carbocycles. The van der Waals surface area contributed by atoms with Crippen molar-refractivity contribution in [3.8, 4) is 5.75 Å². The molecule has 0 radical (unpaired) electrons. The van der Waals surface area contributed by atoms with E-state index in [1.54, 1.807) is 45.0 Å². The van der Waals surface area contributed by atoms with Crippen LogP contribution in [0.2, 0.25) is 0 Å². The number of nitro groups is 1. The number of nitrogens with zero attached hydrogens (tertiary/aromatic N) is 2. The summed E-state index contributed by atoms with van der Waals surface area (Å²) in [5, 5.41) is 11.2. The van der Waals surface area contributed by atoms with Crippen molar-refractivity contribution in [3.63, 3.8) is 0 Å². The summed E-state index contributed by atoms with van der Waals surface area (Å²) in [4.78, 5) is 35.3. The quantitative estimate of drug-likeness (QED) is 0.285. The third-order valence-corrected chi connectivity index (χ3v) is 3.78. The Labute approximate surface area is 160 Å². The van der Waals surface area contributed by atoms with Gasteiger partial charge in [-0.05, 0) is 39.0 Å². The minimum Gasteiger partial charge on any atom is -0.443 e. The molecule has 3 aromatic rings. The molecule has 0 fully saturated rings. The molecule has 144 valence electrons. The molecular formula is C20H18N2O6. The molecular weight excluding hydrogens is 364 g/mol. The molecule has 8 heteroatoms. The number of rotatable bonds is 3. The lowest BCUT2D eigenvalue weighted by Gasteiger charge is -2.19. The van der Waals surface area contributed by atoms with Crippen LogP contribution in [-0.2, 0) is 4.74 Å². The van der Waals surface area contributed by atoms with E-state index in [2.05, 4.69) is 0 Å². The Kier molecular flexibility index (Phi) is 4.87. The molecule has 1 heterocycles. The lowest BCUT2D eigenvalue weighted by molar-refractivity contribution is -0.384. The third-order valence-electron chi connectivity index (χ3n) is 3.78. The van der Waals surface area contributed by atoms with E-state index in [9.17, 15) is 19.7 Å². The Morgan fingerprint density at radius 3 is 2.29 bits per heavy atom. The predicted octanol–water partition coefficient (Wildman–Crippen LogP) is 4.55. The first-order chi connectivity index (χ1) is 13.2. The molecule has 28 heavy (non-hydrogen) atoms. The van der Waals surface area contributed by atoms with Crippen LogP contribution in [0.5, 0.6) is 5.75 Å². The van der Waals surface area contributed by atoms with Gasteiger partial charge in [-0.15, -0.1) is 0 Å². The van der Waals surface area contributed by atoms with E-state index in [1.165, 1.54) is 35.0 Å². The van der Waals surface area contributed by atoms with Crippen LogP contribution in [-0.4, -0.2) is 27.2 Å². The first-order valence-electron chi connectivity index (χ1n) is 8.46. The van der Waals surface area contributed by atoms with Gasteiger partial charge in [0.25, 0.3) is 5.69 Å². The van der Waals surface area contributed by atoms with E-state index in [-0.39, 0.29) is 17.0 Å². The molecule has 0 unspecified atom stereocenters. The van der Waals surface area contributed by atoms with Gasteiger partial charge >= 0.3 is 12.1 Å². The highest BCUT2D eigenvalue weighted by molar-refractivity contribution is 6.07. The summed E-state index contributed by atoms with van der Waals surface area (Å²) in [5.41, 5.74) is -0.115. The summed E-state index contributed by atoms with van der Waals surface area (Å²) >= 11 is 0. The fourth-order valence-electron chi connectivity index (χ4n) is 2.60. The van der Waals surface area contributed by atoms with E-state index in [0.29, 0.717) is 10.9 Å². The zero-order chi connectivity index (χ0) is 20.5. The van der Waals surface area contributed by atoms with Crippen molar-refractivity contribution in [1.29, 1.82) is 0 Å². The molecule has 0 amide bonds. The van der Waals surface area contributed by atoms with E-state index in [4.69, 9.17) is 9.47 Å². The highest BCUT2D eigenvalue weighted by Crippen LogP contribution is 2.25. The second-order valence-corrected chi connectivity index (χ2v) is 7.05. The highest BCUT2D eigenvalue weighted by atomic mass is 16.6. The average molecular weight is 382 g/mol. The van der Waals surface area contributed by atoms with Crippen LogP contribution in [0.15, 0.2) is 54.7 Å². The fraction of sp³-hybridized carbons (Fsp3) is 0.200. The van der Waals surface area contributed by atoms with Gasteiger partial charge < -0.3 is 9.47 Å². The normalized spacial score (nSPS) is 11.2. The number of ether oxygens (including phenoxy) is 2. The van der Waals surface area contributed by atoms with Crippen molar-refractivity contribution in [2.24, 2.45) is 0 Å². The summed E-state index contributed by atoms with van der Waals surface area (Å²) in [7, 11) is 0. The van der Waals surface area contributed by atoms with Gasteiger partial charge in [-0.2, -0.15) is 0 Å². The zero-order valence-corrected chi connectivity index (χ0v) is 15.5. The van der Waals surface area contributed by atoms with Gasteiger partial charge in [0.15, 0.2) is 0 Å². The molecule has 0 N–H and O–H groups in total. The first kappa shape index (κ1) is 19.1. The molecule has 0 spiro atoms. The van der Waals surface area contributed by atoms with Gasteiger partial charge in [-0.25, -0.2) is 9.59 Å². The van der Waals surface area contributed by atoms with E-state index < -0.39 is 22.6 Å². The van der Waals surface area contributed by atoms with Crippen LogP contribution in [0.3, 0.4) is 0 Å². The molecule has 1 aromatic heterocycles. The van der Waals surface area contributed by atoms with Crippen molar-refractivity contribution in [1.82, 2.24) is 4.57 Å². The average Bonchev–Trinajstić information content (AvgIpc) is 3.01. The predicted molar refractivity (Wildman–Crippen MR) is 102 cm³/mol. The number of aromatic nitrogens is 1. The maximum absolute atomic E-state index is 12.6. The SMILES string of the molecule is CC(C)(C)OC(=O)n1cc(C(=O)Oc2ccc([N+](=O)[O-])cc2)c2ccccc21. The van der Waals surface area contributed by atoms with Gasteiger partial charge in [0, 0.05) is 23.7 Å². The monoisotopic (exact) mass is 382 g/mol. The summed E-state index contributed by atoms with van der Waals surface area (Å²) in [6, 6.07) is 12.0. The van der Waals surface area contributed by atoms with Gasteiger partial charge in [0.05, 0.1) is 16.0 Å². The molecule has 0 aliphatic rings. The summed E-state index contributed by atoms with van der Waals surface area (Å²) in [5.74, 6) is -0.530. The number of carbonyl (C=O) groups excluding carboxylic acids is 2. The van der Waals surface area contributed by atoms with E-state index in [0.717, 1.165) is 0 Å².